The molecule has 0 heterocycles. The summed E-state index contributed by atoms with van der Waals surface area (Å²) in [4.78, 5) is 12.0. The van der Waals surface area contributed by atoms with Crippen molar-refractivity contribution in [3.8, 4) is 5.75 Å². The molecule has 0 spiro atoms. The van der Waals surface area contributed by atoms with Gasteiger partial charge in [0.05, 0.1) is 12.2 Å². The first-order chi connectivity index (χ1) is 20.4. The minimum absolute atomic E-state index is 0.0517. The number of benzene rings is 3. The quantitative estimate of drug-likeness (QED) is 0.0562. The molecule has 43 heavy (non-hydrogen) atoms. The predicted molar refractivity (Wildman–Crippen MR) is 158 cm³/mol. The molecule has 0 saturated carbocycles. The third kappa shape index (κ3) is 12.4. The SMILES string of the molecule is Nc1ccc(CCCCCOC(=O)/C=C/c2ccc(OC(F)(F)c3ccc(CCCCCC(F)(F)F)cc3)cc2)c(N)c1. The molecule has 0 atom stereocenters. The molecule has 3 aromatic rings. The number of hydrogen-bond acceptors (Lipinski definition) is 5. The minimum Gasteiger partial charge on any atom is -0.463 e. The third-order valence-corrected chi connectivity index (χ3v) is 6.76. The molecule has 0 aromatic heterocycles. The van der Waals surface area contributed by atoms with Crippen LogP contribution in [0.4, 0.5) is 33.3 Å². The van der Waals surface area contributed by atoms with Gasteiger partial charge in [-0.1, -0.05) is 36.8 Å². The number of nitrogens with two attached hydrogens (primary N) is 2. The van der Waals surface area contributed by atoms with E-state index in [2.05, 4.69) is 0 Å². The highest BCUT2D eigenvalue weighted by molar-refractivity contribution is 5.87. The first kappa shape index (κ1) is 33.4. The van der Waals surface area contributed by atoms with Gasteiger partial charge in [-0.15, -0.1) is 0 Å². The Morgan fingerprint density at radius 1 is 0.767 bits per heavy atom. The lowest BCUT2D eigenvalue weighted by molar-refractivity contribution is -0.185. The standard InChI is InChI=1S/C33H37F5N2O3/c34-32(35,36)21-5-1-3-7-24-9-15-27(16-10-24)33(37,38)43-29-18-11-25(12-19-29)13-20-31(41)42-22-6-2-4-8-26-14-17-28(39)23-30(26)40/h9-20,23H,1-8,21-22,39-40H2/b20-13+. The summed E-state index contributed by atoms with van der Waals surface area (Å²) in [5, 5.41) is 0. The Morgan fingerprint density at radius 3 is 2.12 bits per heavy atom. The second kappa shape index (κ2) is 16.0. The van der Waals surface area contributed by atoms with E-state index in [0.29, 0.717) is 42.6 Å². The van der Waals surface area contributed by atoms with Gasteiger partial charge in [-0.2, -0.15) is 22.0 Å². The predicted octanol–water partition coefficient (Wildman–Crippen LogP) is 8.61. The molecule has 4 N–H and O–H groups in total. The summed E-state index contributed by atoms with van der Waals surface area (Å²) >= 11 is 0. The van der Waals surface area contributed by atoms with Crippen molar-refractivity contribution in [2.45, 2.75) is 70.1 Å². The number of hydrogen-bond donors (Lipinski definition) is 2. The van der Waals surface area contributed by atoms with Crippen LogP contribution in [0.15, 0.2) is 72.8 Å². The Balaban J connectivity index is 1.36. The van der Waals surface area contributed by atoms with E-state index in [-0.39, 0.29) is 24.3 Å². The number of halogens is 5. The zero-order valence-corrected chi connectivity index (χ0v) is 23.8. The average Bonchev–Trinajstić information content (AvgIpc) is 2.95. The van der Waals surface area contributed by atoms with Crippen molar-refractivity contribution in [3.63, 3.8) is 0 Å². The molecule has 0 fully saturated rings. The van der Waals surface area contributed by atoms with Crippen LogP contribution in [0, 0.1) is 0 Å². The molecule has 5 nitrogen and oxygen atoms in total. The van der Waals surface area contributed by atoms with Gasteiger partial charge in [0.15, 0.2) is 0 Å². The molecule has 3 aromatic carbocycles. The second-order valence-electron chi connectivity index (χ2n) is 10.3. The van der Waals surface area contributed by atoms with Gasteiger partial charge in [-0.25, -0.2) is 4.79 Å². The molecule has 0 bridgehead atoms. The largest absolute Gasteiger partial charge is 0.463 e. The van der Waals surface area contributed by atoms with Gasteiger partial charge < -0.3 is 20.9 Å². The van der Waals surface area contributed by atoms with Crippen molar-refractivity contribution >= 4 is 23.4 Å². The number of aryl methyl sites for hydroxylation is 2. The van der Waals surface area contributed by atoms with Gasteiger partial charge in [0, 0.05) is 23.9 Å². The van der Waals surface area contributed by atoms with E-state index >= 15 is 0 Å². The molecule has 0 radical (unpaired) electrons. The molecule has 0 aliphatic rings. The monoisotopic (exact) mass is 604 g/mol. The Bertz CT molecular complexity index is 1320. The zero-order valence-electron chi connectivity index (χ0n) is 23.8. The van der Waals surface area contributed by atoms with E-state index in [9.17, 15) is 26.7 Å². The number of carbonyl (C=O) groups excluding carboxylic acids is 1. The van der Waals surface area contributed by atoms with E-state index in [0.717, 1.165) is 30.4 Å². The van der Waals surface area contributed by atoms with Crippen molar-refractivity contribution in [3.05, 3.63) is 95.1 Å². The van der Waals surface area contributed by atoms with Crippen molar-refractivity contribution in [1.29, 1.82) is 0 Å². The summed E-state index contributed by atoms with van der Waals surface area (Å²) in [7, 11) is 0. The maximum atomic E-state index is 14.7. The van der Waals surface area contributed by atoms with Gasteiger partial charge in [0.1, 0.15) is 5.75 Å². The van der Waals surface area contributed by atoms with Crippen molar-refractivity contribution in [2.75, 3.05) is 18.1 Å². The summed E-state index contributed by atoms with van der Waals surface area (Å²) in [5.74, 6) is -0.557. The Morgan fingerprint density at radius 2 is 1.44 bits per heavy atom. The topological polar surface area (TPSA) is 87.6 Å². The zero-order chi connectivity index (χ0) is 31.3. The summed E-state index contributed by atoms with van der Waals surface area (Å²) in [6.45, 7) is 0.283. The highest BCUT2D eigenvalue weighted by Crippen LogP contribution is 2.32. The van der Waals surface area contributed by atoms with Crippen LogP contribution in [0.5, 0.6) is 5.75 Å². The Kier molecular flexibility index (Phi) is 12.4. The van der Waals surface area contributed by atoms with Gasteiger partial charge in [0.25, 0.3) is 0 Å². The second-order valence-corrected chi connectivity index (χ2v) is 10.3. The van der Waals surface area contributed by atoms with Crippen molar-refractivity contribution in [2.24, 2.45) is 0 Å². The first-order valence-electron chi connectivity index (χ1n) is 14.2. The Hall–Kier alpha value is -4.08. The van der Waals surface area contributed by atoms with Crippen molar-refractivity contribution < 1.29 is 36.2 Å². The smallest absolute Gasteiger partial charge is 0.426 e. The number of anilines is 2. The van der Waals surface area contributed by atoms with Gasteiger partial charge >= 0.3 is 18.3 Å². The molecule has 0 saturated heterocycles. The fourth-order valence-electron chi connectivity index (χ4n) is 4.37. The van der Waals surface area contributed by atoms with Crippen LogP contribution >= 0.6 is 0 Å². The van der Waals surface area contributed by atoms with Crippen molar-refractivity contribution in [1.82, 2.24) is 0 Å². The van der Waals surface area contributed by atoms with Crippen LogP contribution < -0.4 is 16.2 Å². The normalized spacial score (nSPS) is 12.0. The van der Waals surface area contributed by atoms with E-state index < -0.39 is 24.7 Å². The van der Waals surface area contributed by atoms with Gasteiger partial charge in [-0.3, -0.25) is 0 Å². The van der Waals surface area contributed by atoms with Crippen LogP contribution in [0.2, 0.25) is 0 Å². The van der Waals surface area contributed by atoms with Crippen LogP contribution in [0.25, 0.3) is 6.08 Å². The molecule has 10 heteroatoms. The number of rotatable bonds is 16. The van der Waals surface area contributed by atoms with Gasteiger partial charge in [0.2, 0.25) is 0 Å². The molecule has 0 unspecified atom stereocenters. The number of alkyl halides is 5. The lowest BCUT2D eigenvalue weighted by Gasteiger charge is -2.18. The molecule has 232 valence electrons. The van der Waals surface area contributed by atoms with Crippen LogP contribution in [0.3, 0.4) is 0 Å². The average molecular weight is 605 g/mol. The molecule has 3 rings (SSSR count). The van der Waals surface area contributed by atoms with Crippen LogP contribution in [-0.4, -0.2) is 18.8 Å². The van der Waals surface area contributed by atoms with Crippen LogP contribution in [-0.2, 0) is 28.5 Å². The van der Waals surface area contributed by atoms with E-state index in [4.69, 9.17) is 20.9 Å². The van der Waals surface area contributed by atoms with E-state index in [1.807, 2.05) is 12.1 Å². The number of nitrogen functional groups attached to an aromatic ring is 2. The fourth-order valence-corrected chi connectivity index (χ4v) is 4.37. The summed E-state index contributed by atoms with van der Waals surface area (Å²) in [6.07, 6.45) is -0.951. The van der Waals surface area contributed by atoms with Gasteiger partial charge in [-0.05, 0) is 104 Å². The van der Waals surface area contributed by atoms with E-state index in [1.54, 1.807) is 18.2 Å². The number of carbonyl (C=O) groups is 1. The number of ether oxygens (including phenoxy) is 2. The molecular weight excluding hydrogens is 567 g/mol. The maximum Gasteiger partial charge on any atom is 0.426 e. The van der Waals surface area contributed by atoms with Crippen LogP contribution in [0.1, 0.15) is 67.2 Å². The molecule has 0 aliphatic heterocycles. The third-order valence-electron chi connectivity index (χ3n) is 6.76. The van der Waals surface area contributed by atoms with E-state index in [1.165, 1.54) is 48.6 Å². The Labute approximate surface area is 248 Å². The summed E-state index contributed by atoms with van der Waals surface area (Å²) in [6, 6.07) is 16.9. The summed E-state index contributed by atoms with van der Waals surface area (Å²) < 4.78 is 76.1. The number of unbranched alkanes of at least 4 members (excludes halogenated alkanes) is 4. The lowest BCUT2D eigenvalue weighted by Crippen LogP contribution is -2.21. The number of esters is 1. The molecular formula is C33H37F5N2O3. The first-order valence-corrected chi connectivity index (χ1v) is 14.2. The molecule has 0 amide bonds. The highest BCUT2D eigenvalue weighted by Gasteiger charge is 2.34. The maximum absolute atomic E-state index is 14.7. The minimum atomic E-state index is -4.16. The highest BCUT2D eigenvalue weighted by atomic mass is 19.4. The summed E-state index contributed by atoms with van der Waals surface area (Å²) in [5.41, 5.74) is 15.0. The lowest BCUT2D eigenvalue weighted by atomic mass is 10.0. The molecule has 0 aliphatic carbocycles. The fraction of sp³-hybridized carbons (Fsp3) is 0.364.